The van der Waals surface area contributed by atoms with Gasteiger partial charge in [0.1, 0.15) is 12.2 Å². The van der Waals surface area contributed by atoms with Crippen LogP contribution in [0.3, 0.4) is 0 Å². The number of aliphatic hydroxyl groups is 1. The van der Waals surface area contributed by atoms with Crippen molar-refractivity contribution in [1.82, 2.24) is 0 Å². The van der Waals surface area contributed by atoms with E-state index >= 15 is 8.78 Å². The van der Waals surface area contributed by atoms with Crippen LogP contribution in [0.4, 0.5) is 22.0 Å². The van der Waals surface area contributed by atoms with Gasteiger partial charge in [-0.05, 0) is 92.1 Å². The van der Waals surface area contributed by atoms with Crippen LogP contribution >= 0.6 is 0 Å². The van der Waals surface area contributed by atoms with Gasteiger partial charge in [-0.1, -0.05) is 36.8 Å². The average molecular weight is 583 g/mol. The highest BCUT2D eigenvalue weighted by atomic mass is 19.4. The van der Waals surface area contributed by atoms with E-state index in [9.17, 15) is 27.9 Å². The van der Waals surface area contributed by atoms with Crippen molar-refractivity contribution in [2.45, 2.75) is 94.9 Å². The van der Waals surface area contributed by atoms with Crippen LogP contribution < -0.4 is 0 Å². The summed E-state index contributed by atoms with van der Waals surface area (Å²) in [5, 5.41) is 20.2. The Morgan fingerprint density at radius 3 is 2.41 bits per heavy atom. The standard InChI is InChI=1S/C31H35F5O5/c1-17(41-16-26(38)39)13-18-3-5-19(6-4-18)24-15-28(2)25(11-12-29(28,40)30(32,33)31(34,35)36)23-9-7-20-14-21(37)8-10-22(20)27(23)24/h3-6,14,17,23-25,40H,7-13,15-16H2,1-2H3,(H,38,39)/t17?,23-,24+,25-,28-,29-/m0/s1. The van der Waals surface area contributed by atoms with Crippen LogP contribution in [0.25, 0.3) is 0 Å². The molecule has 4 aliphatic carbocycles. The Kier molecular flexibility index (Phi) is 7.50. The number of aliphatic carboxylic acids is 1. The number of alkyl halides is 5. The zero-order chi connectivity index (χ0) is 30.0. The quantitative estimate of drug-likeness (QED) is 0.357. The molecule has 1 unspecified atom stereocenters. The second-order valence-electron chi connectivity index (χ2n) is 12.4. The lowest BCUT2D eigenvalue weighted by Crippen LogP contribution is -2.65. The molecular weight excluding hydrogens is 547 g/mol. The van der Waals surface area contributed by atoms with E-state index in [-0.39, 0.29) is 30.6 Å². The molecule has 0 amide bonds. The maximum Gasteiger partial charge on any atom is 0.456 e. The van der Waals surface area contributed by atoms with Gasteiger partial charge in [0.2, 0.25) is 0 Å². The summed E-state index contributed by atoms with van der Waals surface area (Å²) in [6.45, 7) is 2.73. The first-order valence-electron chi connectivity index (χ1n) is 14.1. The largest absolute Gasteiger partial charge is 0.480 e. The van der Waals surface area contributed by atoms with Crippen molar-refractivity contribution in [3.05, 3.63) is 58.2 Å². The van der Waals surface area contributed by atoms with Gasteiger partial charge in [-0.25, -0.2) is 4.79 Å². The highest BCUT2D eigenvalue weighted by Crippen LogP contribution is 2.70. The summed E-state index contributed by atoms with van der Waals surface area (Å²) in [6.07, 6.45) is -2.91. The minimum atomic E-state index is -5.89. The smallest absolute Gasteiger partial charge is 0.456 e. The minimum absolute atomic E-state index is 0.0312. The van der Waals surface area contributed by atoms with Gasteiger partial charge in [0.25, 0.3) is 0 Å². The fourth-order valence-electron chi connectivity index (χ4n) is 8.20. The molecule has 6 atom stereocenters. The highest BCUT2D eigenvalue weighted by Gasteiger charge is 2.79. The van der Waals surface area contributed by atoms with Crippen molar-refractivity contribution in [2.24, 2.45) is 17.3 Å². The fraction of sp³-hybridized carbons (Fsp3) is 0.613. The average Bonchev–Trinajstić information content (AvgIpc) is 3.18. The van der Waals surface area contributed by atoms with Crippen molar-refractivity contribution < 1.29 is 46.5 Å². The zero-order valence-electron chi connectivity index (χ0n) is 23.1. The first-order valence-corrected chi connectivity index (χ1v) is 14.1. The summed E-state index contributed by atoms with van der Waals surface area (Å²) >= 11 is 0. The van der Waals surface area contributed by atoms with E-state index in [1.54, 1.807) is 13.0 Å². The Balaban J connectivity index is 1.56. The Morgan fingerprint density at radius 2 is 1.78 bits per heavy atom. The van der Waals surface area contributed by atoms with E-state index in [1.807, 2.05) is 24.3 Å². The summed E-state index contributed by atoms with van der Waals surface area (Å²) in [4.78, 5) is 23.0. The van der Waals surface area contributed by atoms with E-state index in [0.717, 1.165) is 27.8 Å². The second-order valence-corrected chi connectivity index (χ2v) is 12.4. The Bertz CT molecular complexity index is 1280. The van der Waals surface area contributed by atoms with Crippen LogP contribution in [0, 0.1) is 17.3 Å². The molecule has 2 saturated carbocycles. The van der Waals surface area contributed by atoms with E-state index < -0.39 is 53.9 Å². The Hall–Kier alpha value is -2.59. The topological polar surface area (TPSA) is 83.8 Å². The SMILES string of the molecule is CC(Cc1ccc([C@H]2C[C@@]3(C)[C@@H](CC[C@@]3(O)C(F)(F)C(F)(F)F)[C@@H]3CCC4=CC(=O)CCC4=C32)cc1)OCC(=O)O. The number of allylic oxidation sites excluding steroid dienone is 4. The molecule has 5 rings (SSSR count). The number of hydrogen-bond acceptors (Lipinski definition) is 4. The van der Waals surface area contributed by atoms with E-state index in [0.29, 0.717) is 32.1 Å². The van der Waals surface area contributed by atoms with Gasteiger partial charge in [-0.3, -0.25) is 4.79 Å². The highest BCUT2D eigenvalue weighted by molar-refractivity contribution is 5.93. The van der Waals surface area contributed by atoms with Crippen molar-refractivity contribution in [3.63, 3.8) is 0 Å². The molecule has 1 aromatic rings. The number of carboxylic acids is 1. The molecule has 0 bridgehead atoms. The second kappa shape index (κ2) is 10.3. The number of fused-ring (bicyclic) bond motifs is 4. The number of ketones is 1. The first-order chi connectivity index (χ1) is 19.1. The molecule has 0 aliphatic heterocycles. The van der Waals surface area contributed by atoms with E-state index in [4.69, 9.17) is 9.84 Å². The van der Waals surface area contributed by atoms with Crippen molar-refractivity contribution >= 4 is 11.8 Å². The summed E-state index contributed by atoms with van der Waals surface area (Å²) < 4.78 is 76.7. The van der Waals surface area contributed by atoms with Gasteiger partial charge in [-0.2, -0.15) is 22.0 Å². The predicted molar refractivity (Wildman–Crippen MR) is 139 cm³/mol. The molecular formula is C31H35F5O5. The van der Waals surface area contributed by atoms with Gasteiger partial charge in [0, 0.05) is 17.8 Å². The predicted octanol–water partition coefficient (Wildman–Crippen LogP) is 6.55. The molecule has 224 valence electrons. The van der Waals surface area contributed by atoms with Crippen LogP contribution in [0.5, 0.6) is 0 Å². The third-order valence-electron chi connectivity index (χ3n) is 10.2. The van der Waals surface area contributed by atoms with Gasteiger partial charge < -0.3 is 14.9 Å². The molecule has 0 aromatic heterocycles. The lowest BCUT2D eigenvalue weighted by Gasteiger charge is -2.56. The fourth-order valence-corrected chi connectivity index (χ4v) is 8.20. The third-order valence-corrected chi connectivity index (χ3v) is 10.2. The summed E-state index contributed by atoms with van der Waals surface area (Å²) in [6, 6.07) is 7.33. The number of halogens is 5. The molecule has 5 nitrogen and oxygen atoms in total. The number of benzene rings is 1. The molecule has 1 aromatic carbocycles. The molecule has 4 aliphatic rings. The van der Waals surface area contributed by atoms with Gasteiger partial charge in [-0.15, -0.1) is 0 Å². The number of carbonyl (C=O) groups is 2. The number of rotatable bonds is 7. The molecule has 10 heteroatoms. The molecule has 0 spiro atoms. The van der Waals surface area contributed by atoms with Crippen LogP contribution in [-0.4, -0.2) is 52.4 Å². The van der Waals surface area contributed by atoms with E-state index in [1.165, 1.54) is 6.92 Å². The molecule has 2 fully saturated rings. The Morgan fingerprint density at radius 1 is 1.10 bits per heavy atom. The molecule has 2 N–H and O–H groups in total. The molecule has 0 radical (unpaired) electrons. The van der Waals surface area contributed by atoms with Gasteiger partial charge in [0.15, 0.2) is 5.78 Å². The lowest BCUT2D eigenvalue weighted by atomic mass is 9.50. The number of hydrogen-bond donors (Lipinski definition) is 2. The van der Waals surface area contributed by atoms with Crippen molar-refractivity contribution in [3.8, 4) is 0 Å². The number of ether oxygens (including phenoxy) is 1. The van der Waals surface area contributed by atoms with Crippen LogP contribution in [0.2, 0.25) is 0 Å². The molecule has 0 heterocycles. The minimum Gasteiger partial charge on any atom is -0.480 e. The van der Waals surface area contributed by atoms with Crippen LogP contribution in [-0.2, 0) is 20.7 Å². The van der Waals surface area contributed by atoms with Crippen molar-refractivity contribution in [1.29, 1.82) is 0 Å². The monoisotopic (exact) mass is 582 g/mol. The lowest BCUT2D eigenvalue weighted by molar-refractivity contribution is -0.362. The normalized spacial score (nSPS) is 32.6. The van der Waals surface area contributed by atoms with Crippen LogP contribution in [0.15, 0.2) is 47.1 Å². The Labute approximate surface area is 235 Å². The van der Waals surface area contributed by atoms with Crippen LogP contribution in [0.1, 0.15) is 75.8 Å². The van der Waals surface area contributed by atoms with Crippen molar-refractivity contribution in [2.75, 3.05) is 6.61 Å². The summed E-state index contributed by atoms with van der Waals surface area (Å²) in [5.41, 5.74) is -0.372. The number of carbonyl (C=O) groups excluding carboxylic acids is 1. The molecule has 0 saturated heterocycles. The first kappa shape index (κ1) is 29.9. The maximum atomic E-state index is 15.1. The summed E-state index contributed by atoms with van der Waals surface area (Å²) in [5.74, 6) is -7.65. The van der Waals surface area contributed by atoms with E-state index in [2.05, 4.69) is 0 Å². The summed E-state index contributed by atoms with van der Waals surface area (Å²) in [7, 11) is 0. The van der Waals surface area contributed by atoms with Gasteiger partial charge in [0.05, 0.1) is 6.10 Å². The number of carboxylic acid groups (broad SMARTS) is 1. The zero-order valence-corrected chi connectivity index (χ0v) is 23.1. The third kappa shape index (κ3) is 4.84. The maximum absolute atomic E-state index is 15.1. The molecule has 41 heavy (non-hydrogen) atoms. The van der Waals surface area contributed by atoms with Gasteiger partial charge >= 0.3 is 18.1 Å².